The summed E-state index contributed by atoms with van der Waals surface area (Å²) in [5.41, 5.74) is 1.02. The topological polar surface area (TPSA) is 23.5 Å². The van der Waals surface area contributed by atoms with Gasteiger partial charge in [0.2, 0.25) is 0 Å². The summed E-state index contributed by atoms with van der Waals surface area (Å²) in [4.78, 5) is 2.46. The largest absolute Gasteiger partial charge is 0.393 e. The van der Waals surface area contributed by atoms with Gasteiger partial charge in [-0.1, -0.05) is 35.7 Å². The van der Waals surface area contributed by atoms with Crippen LogP contribution in [0.1, 0.15) is 37.7 Å². The number of hydrogen-bond donors (Lipinski definition) is 1. The minimum atomic E-state index is -0.123. The zero-order valence-corrected chi connectivity index (χ0v) is 13.1. The van der Waals surface area contributed by atoms with Gasteiger partial charge in [-0.3, -0.25) is 4.90 Å². The van der Waals surface area contributed by atoms with Crippen molar-refractivity contribution in [1.29, 1.82) is 0 Å². The summed E-state index contributed by atoms with van der Waals surface area (Å²) in [5.74, 6) is 0.429. The molecule has 3 rings (SSSR count). The van der Waals surface area contributed by atoms with Gasteiger partial charge >= 0.3 is 0 Å². The van der Waals surface area contributed by atoms with Crippen molar-refractivity contribution in [2.45, 2.75) is 50.8 Å². The van der Waals surface area contributed by atoms with E-state index in [1.165, 1.54) is 12.8 Å². The number of benzene rings is 1. The number of hydrogen-bond acceptors (Lipinski definition) is 2. The van der Waals surface area contributed by atoms with E-state index in [1.807, 2.05) is 18.2 Å². The molecule has 1 heterocycles. The van der Waals surface area contributed by atoms with Crippen molar-refractivity contribution < 1.29 is 5.11 Å². The normalized spacial score (nSPS) is 31.1. The van der Waals surface area contributed by atoms with Gasteiger partial charge in [-0.15, -0.1) is 0 Å². The van der Waals surface area contributed by atoms with E-state index in [2.05, 4.69) is 4.90 Å². The number of halogens is 2. The average molecular weight is 314 g/mol. The van der Waals surface area contributed by atoms with Crippen molar-refractivity contribution in [2.24, 2.45) is 5.92 Å². The number of nitrogens with zero attached hydrogens (tertiary/aromatic N) is 1. The monoisotopic (exact) mass is 313 g/mol. The van der Waals surface area contributed by atoms with Crippen LogP contribution in [0.25, 0.3) is 0 Å². The third-order valence-electron chi connectivity index (χ3n) is 4.86. The first-order valence-corrected chi connectivity index (χ1v) is 8.27. The summed E-state index contributed by atoms with van der Waals surface area (Å²) in [6.07, 6.45) is 5.53. The lowest BCUT2D eigenvalue weighted by Crippen LogP contribution is -2.38. The van der Waals surface area contributed by atoms with Crippen LogP contribution in [0.2, 0.25) is 10.0 Å². The number of aliphatic hydroxyl groups excluding tert-OH is 1. The Kier molecular flexibility index (Phi) is 4.56. The fourth-order valence-corrected chi connectivity index (χ4v) is 4.35. The zero-order valence-electron chi connectivity index (χ0n) is 11.6. The van der Waals surface area contributed by atoms with Gasteiger partial charge in [-0.25, -0.2) is 0 Å². The second-order valence-corrected chi connectivity index (χ2v) is 6.86. The first-order chi connectivity index (χ1) is 9.66. The van der Waals surface area contributed by atoms with Gasteiger partial charge in [0, 0.05) is 34.1 Å². The average Bonchev–Trinajstić information content (AvgIpc) is 3.02. The minimum Gasteiger partial charge on any atom is -0.393 e. The molecule has 1 aromatic carbocycles. The third-order valence-corrected chi connectivity index (χ3v) is 5.57. The molecule has 0 bridgehead atoms. The van der Waals surface area contributed by atoms with E-state index in [0.717, 1.165) is 48.0 Å². The van der Waals surface area contributed by atoms with E-state index in [9.17, 15) is 5.11 Å². The van der Waals surface area contributed by atoms with E-state index in [1.54, 1.807) is 0 Å². The van der Waals surface area contributed by atoms with Crippen LogP contribution in [0.4, 0.5) is 0 Å². The Labute approximate surface area is 130 Å². The molecule has 1 saturated heterocycles. The molecule has 1 saturated carbocycles. The fraction of sp³-hybridized carbons (Fsp3) is 0.625. The van der Waals surface area contributed by atoms with Crippen molar-refractivity contribution >= 4 is 23.2 Å². The van der Waals surface area contributed by atoms with Crippen LogP contribution in [-0.4, -0.2) is 28.7 Å². The molecule has 0 amide bonds. The van der Waals surface area contributed by atoms with Crippen molar-refractivity contribution in [1.82, 2.24) is 4.90 Å². The molecule has 1 aliphatic heterocycles. The predicted molar refractivity (Wildman–Crippen MR) is 83.2 cm³/mol. The maximum absolute atomic E-state index is 10.2. The summed E-state index contributed by atoms with van der Waals surface area (Å²) in [7, 11) is 0. The van der Waals surface area contributed by atoms with Gasteiger partial charge in [-0.2, -0.15) is 0 Å². The first-order valence-electron chi connectivity index (χ1n) is 7.52. The lowest BCUT2D eigenvalue weighted by atomic mass is 9.94. The summed E-state index contributed by atoms with van der Waals surface area (Å²) in [6.45, 7) is 1.88. The van der Waals surface area contributed by atoms with Gasteiger partial charge < -0.3 is 5.11 Å². The molecular weight excluding hydrogens is 293 g/mol. The molecule has 1 N–H and O–H groups in total. The Morgan fingerprint density at radius 3 is 2.50 bits per heavy atom. The van der Waals surface area contributed by atoms with Crippen LogP contribution in [0.15, 0.2) is 18.2 Å². The van der Waals surface area contributed by atoms with Crippen LogP contribution in [0, 0.1) is 5.92 Å². The summed E-state index contributed by atoms with van der Waals surface area (Å²) in [6, 6.07) is 6.17. The lowest BCUT2D eigenvalue weighted by molar-refractivity contribution is 0.0719. The van der Waals surface area contributed by atoms with Gasteiger partial charge in [0.1, 0.15) is 0 Å². The van der Waals surface area contributed by atoms with Crippen LogP contribution < -0.4 is 0 Å². The highest BCUT2D eigenvalue weighted by Crippen LogP contribution is 2.37. The second kappa shape index (κ2) is 6.23. The SMILES string of the molecule is OC1CCCC1C1CCCN1Cc1c(Cl)cccc1Cl. The predicted octanol–water partition coefficient (Wildman–Crippen LogP) is 4.12. The van der Waals surface area contributed by atoms with E-state index in [0.29, 0.717) is 12.0 Å². The number of rotatable bonds is 3. The minimum absolute atomic E-state index is 0.123. The Bertz CT molecular complexity index is 459. The molecule has 0 spiro atoms. The molecule has 0 radical (unpaired) electrons. The molecule has 4 heteroatoms. The van der Waals surface area contributed by atoms with Crippen LogP contribution >= 0.6 is 23.2 Å². The van der Waals surface area contributed by atoms with Crippen molar-refractivity contribution in [3.8, 4) is 0 Å². The highest BCUT2D eigenvalue weighted by Gasteiger charge is 2.38. The molecule has 3 unspecified atom stereocenters. The highest BCUT2D eigenvalue weighted by molar-refractivity contribution is 6.35. The summed E-state index contributed by atoms with van der Waals surface area (Å²) < 4.78 is 0. The molecule has 2 aliphatic rings. The Morgan fingerprint density at radius 1 is 1.10 bits per heavy atom. The summed E-state index contributed by atoms with van der Waals surface area (Å²) >= 11 is 12.6. The summed E-state index contributed by atoms with van der Waals surface area (Å²) in [5, 5.41) is 11.7. The van der Waals surface area contributed by atoms with E-state index < -0.39 is 0 Å². The molecule has 1 aliphatic carbocycles. The first kappa shape index (κ1) is 14.6. The van der Waals surface area contributed by atoms with E-state index in [4.69, 9.17) is 23.2 Å². The molecule has 110 valence electrons. The lowest BCUT2D eigenvalue weighted by Gasteiger charge is -2.31. The molecule has 20 heavy (non-hydrogen) atoms. The molecular formula is C16H21Cl2NO. The maximum atomic E-state index is 10.2. The Morgan fingerprint density at radius 2 is 1.85 bits per heavy atom. The smallest absolute Gasteiger partial charge is 0.0583 e. The van der Waals surface area contributed by atoms with Crippen LogP contribution in [0.3, 0.4) is 0 Å². The molecule has 2 fully saturated rings. The molecule has 0 aromatic heterocycles. The standard InChI is InChI=1S/C16H21Cl2NO/c17-13-5-2-6-14(18)12(13)10-19-9-3-7-15(19)11-4-1-8-16(11)20/h2,5-6,11,15-16,20H,1,3-4,7-10H2. The third kappa shape index (κ3) is 2.85. The van der Waals surface area contributed by atoms with E-state index in [-0.39, 0.29) is 6.10 Å². The van der Waals surface area contributed by atoms with Crippen molar-refractivity contribution in [3.63, 3.8) is 0 Å². The molecule has 1 aromatic rings. The molecule has 3 atom stereocenters. The Hall–Kier alpha value is -0.280. The number of likely N-dealkylation sites (tertiary alicyclic amines) is 1. The van der Waals surface area contributed by atoms with Crippen molar-refractivity contribution in [3.05, 3.63) is 33.8 Å². The second-order valence-electron chi connectivity index (χ2n) is 6.04. The highest BCUT2D eigenvalue weighted by atomic mass is 35.5. The van der Waals surface area contributed by atoms with Gasteiger partial charge in [0.25, 0.3) is 0 Å². The maximum Gasteiger partial charge on any atom is 0.0583 e. The number of aliphatic hydroxyl groups is 1. The quantitative estimate of drug-likeness (QED) is 0.907. The van der Waals surface area contributed by atoms with Gasteiger partial charge in [-0.05, 0) is 44.4 Å². The fourth-order valence-electron chi connectivity index (χ4n) is 3.84. The van der Waals surface area contributed by atoms with Gasteiger partial charge in [0.05, 0.1) is 6.10 Å². The van der Waals surface area contributed by atoms with Crippen LogP contribution in [0.5, 0.6) is 0 Å². The zero-order chi connectivity index (χ0) is 14.1. The molecule has 2 nitrogen and oxygen atoms in total. The van der Waals surface area contributed by atoms with Crippen LogP contribution in [-0.2, 0) is 6.54 Å². The Balaban J connectivity index is 1.76. The van der Waals surface area contributed by atoms with Gasteiger partial charge in [0.15, 0.2) is 0 Å². The van der Waals surface area contributed by atoms with Crippen molar-refractivity contribution in [2.75, 3.05) is 6.54 Å². The van der Waals surface area contributed by atoms with E-state index >= 15 is 0 Å².